The summed E-state index contributed by atoms with van der Waals surface area (Å²) >= 11 is 0. The average molecular weight is 260 g/mol. The number of nitrogens with one attached hydrogen (secondary N) is 1. The molecule has 3 rings (SSSR count). The molecule has 0 spiro atoms. The normalized spacial score (nSPS) is 25.1. The SMILES string of the molecule is CCNc1nc(CC)nc(N2CC3CCC2C3)c1C. The van der Waals surface area contributed by atoms with Crippen molar-refractivity contribution in [2.75, 3.05) is 23.3 Å². The molecule has 2 unspecified atom stereocenters. The van der Waals surface area contributed by atoms with Crippen LogP contribution in [0.15, 0.2) is 0 Å². The zero-order chi connectivity index (χ0) is 13.4. The molecule has 2 heterocycles. The zero-order valence-corrected chi connectivity index (χ0v) is 12.2. The van der Waals surface area contributed by atoms with E-state index in [0.717, 1.165) is 36.6 Å². The van der Waals surface area contributed by atoms with Gasteiger partial charge in [0.1, 0.15) is 17.5 Å². The van der Waals surface area contributed by atoms with E-state index in [2.05, 4.69) is 36.0 Å². The van der Waals surface area contributed by atoms with Gasteiger partial charge in [-0.1, -0.05) is 6.92 Å². The Morgan fingerprint density at radius 1 is 1.26 bits per heavy atom. The van der Waals surface area contributed by atoms with Crippen molar-refractivity contribution < 1.29 is 0 Å². The van der Waals surface area contributed by atoms with Crippen LogP contribution in [-0.4, -0.2) is 29.1 Å². The van der Waals surface area contributed by atoms with Crippen LogP contribution in [0.2, 0.25) is 0 Å². The number of hydrogen-bond donors (Lipinski definition) is 1. The van der Waals surface area contributed by atoms with Gasteiger partial charge in [-0.2, -0.15) is 0 Å². The topological polar surface area (TPSA) is 41.1 Å². The van der Waals surface area contributed by atoms with Crippen LogP contribution in [-0.2, 0) is 6.42 Å². The van der Waals surface area contributed by atoms with Crippen LogP contribution >= 0.6 is 0 Å². The lowest BCUT2D eigenvalue weighted by Gasteiger charge is -2.30. The van der Waals surface area contributed by atoms with E-state index in [-0.39, 0.29) is 0 Å². The van der Waals surface area contributed by atoms with Crippen LogP contribution in [0.5, 0.6) is 0 Å². The largest absolute Gasteiger partial charge is 0.370 e. The molecule has 2 atom stereocenters. The molecule has 1 aromatic rings. The smallest absolute Gasteiger partial charge is 0.137 e. The Morgan fingerprint density at radius 3 is 2.68 bits per heavy atom. The maximum Gasteiger partial charge on any atom is 0.137 e. The Kier molecular flexibility index (Phi) is 3.33. The summed E-state index contributed by atoms with van der Waals surface area (Å²) in [6.07, 6.45) is 5.01. The Morgan fingerprint density at radius 2 is 2.11 bits per heavy atom. The molecule has 2 bridgehead atoms. The lowest BCUT2D eigenvalue weighted by molar-refractivity contribution is 0.549. The van der Waals surface area contributed by atoms with Crippen molar-refractivity contribution >= 4 is 11.6 Å². The molecule has 0 amide bonds. The predicted molar refractivity (Wildman–Crippen MR) is 78.8 cm³/mol. The van der Waals surface area contributed by atoms with Crippen molar-refractivity contribution in [1.29, 1.82) is 0 Å². The molecule has 4 heteroatoms. The van der Waals surface area contributed by atoms with Gasteiger partial charge in [0.25, 0.3) is 0 Å². The van der Waals surface area contributed by atoms with Gasteiger partial charge in [0.15, 0.2) is 0 Å². The fourth-order valence-corrected chi connectivity index (χ4v) is 3.51. The first-order chi connectivity index (χ1) is 9.22. The summed E-state index contributed by atoms with van der Waals surface area (Å²) in [5.74, 6) is 4.05. The van der Waals surface area contributed by atoms with E-state index < -0.39 is 0 Å². The Bertz CT molecular complexity index is 471. The molecule has 1 saturated heterocycles. The molecule has 1 aromatic heterocycles. The van der Waals surface area contributed by atoms with Gasteiger partial charge in [0, 0.05) is 31.1 Å². The Labute approximate surface area is 115 Å². The quantitative estimate of drug-likeness (QED) is 0.904. The van der Waals surface area contributed by atoms with Crippen LogP contribution in [0.3, 0.4) is 0 Å². The second kappa shape index (κ2) is 4.99. The van der Waals surface area contributed by atoms with E-state index in [1.807, 2.05) is 0 Å². The number of aromatic nitrogens is 2. The number of hydrogen-bond acceptors (Lipinski definition) is 4. The maximum atomic E-state index is 4.81. The molecule has 1 aliphatic carbocycles. The van der Waals surface area contributed by atoms with Gasteiger partial charge in [-0.05, 0) is 39.0 Å². The molecule has 1 saturated carbocycles. The molecular formula is C15H24N4. The lowest BCUT2D eigenvalue weighted by Crippen LogP contribution is -2.33. The van der Waals surface area contributed by atoms with E-state index in [0.29, 0.717) is 0 Å². The van der Waals surface area contributed by atoms with Gasteiger partial charge in [-0.15, -0.1) is 0 Å². The van der Waals surface area contributed by atoms with Crippen LogP contribution in [0.1, 0.15) is 44.5 Å². The molecule has 2 aliphatic rings. The van der Waals surface area contributed by atoms with Crippen molar-refractivity contribution in [2.45, 2.75) is 52.5 Å². The van der Waals surface area contributed by atoms with Gasteiger partial charge in [0.05, 0.1) is 0 Å². The minimum atomic E-state index is 0.720. The highest BCUT2D eigenvalue weighted by molar-refractivity contribution is 5.60. The van der Waals surface area contributed by atoms with E-state index in [9.17, 15) is 0 Å². The number of piperidine rings is 1. The minimum absolute atomic E-state index is 0.720. The molecule has 104 valence electrons. The van der Waals surface area contributed by atoms with Crippen molar-refractivity contribution in [2.24, 2.45) is 5.92 Å². The fourth-order valence-electron chi connectivity index (χ4n) is 3.51. The van der Waals surface area contributed by atoms with Crippen LogP contribution in [0, 0.1) is 12.8 Å². The number of nitrogens with zero attached hydrogens (tertiary/aromatic N) is 3. The highest BCUT2D eigenvalue weighted by atomic mass is 15.3. The highest BCUT2D eigenvalue weighted by Gasteiger charge is 2.39. The van der Waals surface area contributed by atoms with Crippen molar-refractivity contribution in [3.8, 4) is 0 Å². The van der Waals surface area contributed by atoms with Crippen molar-refractivity contribution in [3.05, 3.63) is 11.4 Å². The van der Waals surface area contributed by atoms with Gasteiger partial charge in [-0.25, -0.2) is 9.97 Å². The summed E-state index contributed by atoms with van der Waals surface area (Å²) in [4.78, 5) is 12.0. The number of fused-ring (bicyclic) bond motifs is 2. The first-order valence-corrected chi connectivity index (χ1v) is 7.61. The third kappa shape index (κ3) is 2.17. The van der Waals surface area contributed by atoms with Crippen LogP contribution < -0.4 is 10.2 Å². The molecule has 0 aromatic carbocycles. The first kappa shape index (κ1) is 12.7. The zero-order valence-electron chi connectivity index (χ0n) is 12.2. The Hall–Kier alpha value is -1.32. The summed E-state index contributed by atoms with van der Waals surface area (Å²) in [7, 11) is 0. The predicted octanol–water partition coefficient (Wildman–Crippen LogP) is 2.77. The van der Waals surface area contributed by atoms with Gasteiger partial charge in [0.2, 0.25) is 0 Å². The second-order valence-corrected chi connectivity index (χ2v) is 5.81. The molecule has 1 aliphatic heterocycles. The Balaban J connectivity index is 1.97. The first-order valence-electron chi connectivity index (χ1n) is 7.61. The monoisotopic (exact) mass is 260 g/mol. The highest BCUT2D eigenvalue weighted by Crippen LogP contribution is 2.41. The standard InChI is InChI=1S/C15H24N4/c1-4-13-17-14(16-5-2)10(3)15(18-13)19-9-11-6-7-12(19)8-11/h11-12H,4-9H2,1-3H3,(H,16,17,18). The summed E-state index contributed by atoms with van der Waals surface area (Å²) in [5.41, 5.74) is 1.21. The molecule has 4 nitrogen and oxygen atoms in total. The minimum Gasteiger partial charge on any atom is -0.370 e. The molecule has 1 N–H and O–H groups in total. The van der Waals surface area contributed by atoms with E-state index in [1.54, 1.807) is 0 Å². The lowest BCUT2D eigenvalue weighted by atomic mass is 10.1. The van der Waals surface area contributed by atoms with Crippen LogP contribution in [0.25, 0.3) is 0 Å². The number of rotatable bonds is 4. The molecule has 0 radical (unpaired) electrons. The second-order valence-electron chi connectivity index (χ2n) is 5.81. The van der Waals surface area contributed by atoms with E-state index in [4.69, 9.17) is 4.98 Å². The van der Waals surface area contributed by atoms with E-state index >= 15 is 0 Å². The summed E-state index contributed by atoms with van der Waals surface area (Å²) in [5, 5.41) is 3.38. The fraction of sp³-hybridized carbons (Fsp3) is 0.733. The van der Waals surface area contributed by atoms with Crippen molar-refractivity contribution in [1.82, 2.24) is 9.97 Å². The number of aryl methyl sites for hydroxylation is 1. The molecule has 2 fully saturated rings. The van der Waals surface area contributed by atoms with Gasteiger partial charge >= 0.3 is 0 Å². The summed E-state index contributed by atoms with van der Waals surface area (Å²) in [6.45, 7) is 8.49. The molecule has 19 heavy (non-hydrogen) atoms. The van der Waals surface area contributed by atoms with Crippen LogP contribution in [0.4, 0.5) is 11.6 Å². The number of anilines is 2. The average Bonchev–Trinajstić information content (AvgIpc) is 3.03. The van der Waals surface area contributed by atoms with Crippen molar-refractivity contribution in [3.63, 3.8) is 0 Å². The van der Waals surface area contributed by atoms with E-state index in [1.165, 1.54) is 37.2 Å². The maximum absolute atomic E-state index is 4.81. The third-order valence-corrected chi connectivity index (χ3v) is 4.51. The molecular weight excluding hydrogens is 236 g/mol. The van der Waals surface area contributed by atoms with Gasteiger partial charge < -0.3 is 10.2 Å². The summed E-state index contributed by atoms with van der Waals surface area (Å²) in [6, 6.07) is 0.720. The third-order valence-electron chi connectivity index (χ3n) is 4.51. The summed E-state index contributed by atoms with van der Waals surface area (Å²) < 4.78 is 0. The van der Waals surface area contributed by atoms with Gasteiger partial charge in [-0.3, -0.25) is 0 Å².